The third-order valence-corrected chi connectivity index (χ3v) is 6.90. The van der Waals surface area contributed by atoms with Crippen molar-refractivity contribution in [3.63, 3.8) is 0 Å². The molecule has 0 bridgehead atoms. The number of azo groups is 1. The minimum atomic E-state index is -1.10. The predicted octanol–water partition coefficient (Wildman–Crippen LogP) is 5.61. The van der Waals surface area contributed by atoms with Gasteiger partial charge in [-0.05, 0) is 71.0 Å². The number of nitrogens with one attached hydrogen (secondary N) is 1. The molecule has 12 heteroatoms. The number of fused-ring (bicyclic) bond motifs is 1. The summed E-state index contributed by atoms with van der Waals surface area (Å²) in [4.78, 5) is 28.3. The van der Waals surface area contributed by atoms with Crippen molar-refractivity contribution >= 4 is 28.3 Å². The molecule has 2 aromatic heterocycles. The number of H-pyrrole nitrogens is 1. The lowest BCUT2D eigenvalue weighted by Crippen LogP contribution is -2.53. The highest BCUT2D eigenvalue weighted by atomic mass is 16.7. The molecule has 4 rings (SSSR count). The standard InChI is InChI=1S/C31H35N3O9/c1-17-12-14-22(32-17)29(37)43-27(19(3)35)28(39-6)31(4,5)41-16-40-23-15-13-21-25(36)24(30(38)42-26(21)18(23)2)34-33-20-10-8-7-9-11-20/h7-15,19,27-28,32,35-36H,16H2,1-6H3. The number of carbonyl (C=O) groups is 1. The Hall–Kier alpha value is -4.52. The van der Waals surface area contributed by atoms with Crippen LogP contribution in [0.25, 0.3) is 11.0 Å². The molecular weight excluding hydrogens is 558 g/mol. The van der Waals surface area contributed by atoms with Crippen LogP contribution in [0.3, 0.4) is 0 Å². The van der Waals surface area contributed by atoms with Crippen molar-refractivity contribution in [1.82, 2.24) is 4.98 Å². The molecule has 0 radical (unpaired) electrons. The Morgan fingerprint density at radius 1 is 1.07 bits per heavy atom. The fourth-order valence-corrected chi connectivity index (χ4v) is 4.57. The van der Waals surface area contributed by atoms with Crippen LogP contribution in [0, 0.1) is 13.8 Å². The number of methoxy groups -OCH3 is 1. The summed E-state index contributed by atoms with van der Waals surface area (Å²) in [5.41, 5.74) is -0.178. The molecule has 0 amide bonds. The second kappa shape index (κ2) is 13.2. The normalized spacial score (nSPS) is 14.1. The number of hydrogen-bond donors (Lipinski definition) is 3. The van der Waals surface area contributed by atoms with Crippen LogP contribution in [0.4, 0.5) is 11.4 Å². The predicted molar refractivity (Wildman–Crippen MR) is 157 cm³/mol. The second-order valence-corrected chi connectivity index (χ2v) is 10.5. The molecule has 0 spiro atoms. The van der Waals surface area contributed by atoms with Crippen LogP contribution in [0.5, 0.6) is 11.5 Å². The zero-order valence-corrected chi connectivity index (χ0v) is 24.8. The number of aromatic nitrogens is 1. The van der Waals surface area contributed by atoms with Crippen LogP contribution >= 0.6 is 0 Å². The Bertz CT molecular complexity index is 1660. The number of aliphatic hydroxyl groups excluding tert-OH is 1. The van der Waals surface area contributed by atoms with E-state index in [1.54, 1.807) is 63.2 Å². The maximum Gasteiger partial charge on any atom is 0.368 e. The van der Waals surface area contributed by atoms with E-state index in [-0.39, 0.29) is 34.9 Å². The van der Waals surface area contributed by atoms with Crippen molar-refractivity contribution in [2.24, 2.45) is 10.2 Å². The van der Waals surface area contributed by atoms with Crippen LogP contribution in [0.2, 0.25) is 0 Å². The fraction of sp³-hybridized carbons (Fsp3) is 0.355. The summed E-state index contributed by atoms with van der Waals surface area (Å²) in [6.45, 7) is 8.12. The fourth-order valence-electron chi connectivity index (χ4n) is 4.57. The summed E-state index contributed by atoms with van der Waals surface area (Å²) in [5.74, 6) is -0.678. The number of carbonyl (C=O) groups excluding carboxylic acids is 1. The van der Waals surface area contributed by atoms with Crippen molar-refractivity contribution in [1.29, 1.82) is 0 Å². The van der Waals surface area contributed by atoms with Gasteiger partial charge >= 0.3 is 11.6 Å². The first-order valence-electron chi connectivity index (χ1n) is 13.5. The van der Waals surface area contributed by atoms with Gasteiger partial charge in [0.15, 0.2) is 18.6 Å². The summed E-state index contributed by atoms with van der Waals surface area (Å²) in [5, 5.41) is 29.4. The Morgan fingerprint density at radius 2 is 1.79 bits per heavy atom. The lowest BCUT2D eigenvalue weighted by molar-refractivity contribution is -0.193. The molecular formula is C31H35N3O9. The Kier molecular flexibility index (Phi) is 9.64. The van der Waals surface area contributed by atoms with Crippen molar-refractivity contribution < 1.29 is 38.4 Å². The third kappa shape index (κ3) is 7.11. The van der Waals surface area contributed by atoms with Crippen molar-refractivity contribution in [3.05, 3.63) is 82.0 Å². The zero-order chi connectivity index (χ0) is 31.3. The van der Waals surface area contributed by atoms with E-state index in [0.717, 1.165) is 5.69 Å². The average Bonchev–Trinajstić information content (AvgIpc) is 3.41. The van der Waals surface area contributed by atoms with Gasteiger partial charge < -0.3 is 38.6 Å². The minimum absolute atomic E-state index is 0.119. The average molecular weight is 594 g/mol. The highest BCUT2D eigenvalue weighted by molar-refractivity contribution is 5.90. The van der Waals surface area contributed by atoms with E-state index in [0.29, 0.717) is 17.0 Å². The molecule has 0 aliphatic rings. The summed E-state index contributed by atoms with van der Waals surface area (Å²) in [6.07, 6.45) is -3.03. The molecule has 12 nitrogen and oxygen atoms in total. The molecule has 2 heterocycles. The van der Waals surface area contributed by atoms with Gasteiger partial charge in [-0.3, -0.25) is 0 Å². The Balaban J connectivity index is 1.48. The SMILES string of the molecule is COC(C(OC(=O)c1ccc(C)[nH]1)C(C)O)C(C)(C)OCOc1ccc2c(O)c(N=Nc3ccccc3)c(=O)oc2c1C. The van der Waals surface area contributed by atoms with Gasteiger partial charge in [0, 0.05) is 18.4 Å². The lowest BCUT2D eigenvalue weighted by Gasteiger charge is -2.38. The maximum atomic E-state index is 12.7. The second-order valence-electron chi connectivity index (χ2n) is 10.5. The largest absolute Gasteiger partial charge is 0.505 e. The summed E-state index contributed by atoms with van der Waals surface area (Å²) < 4.78 is 28.6. The Labute approximate surface area is 247 Å². The van der Waals surface area contributed by atoms with Gasteiger partial charge in [0.25, 0.3) is 0 Å². The lowest BCUT2D eigenvalue weighted by atomic mass is 9.93. The zero-order valence-electron chi connectivity index (χ0n) is 24.8. The molecule has 2 aromatic carbocycles. The molecule has 4 aromatic rings. The molecule has 0 aliphatic carbocycles. The molecule has 3 N–H and O–H groups in total. The van der Waals surface area contributed by atoms with E-state index in [1.165, 1.54) is 20.1 Å². The summed E-state index contributed by atoms with van der Waals surface area (Å²) in [7, 11) is 1.42. The molecule has 0 saturated heterocycles. The molecule has 3 atom stereocenters. The van der Waals surface area contributed by atoms with E-state index >= 15 is 0 Å². The van der Waals surface area contributed by atoms with Crippen molar-refractivity contribution in [3.8, 4) is 11.5 Å². The number of aromatic amines is 1. The highest BCUT2D eigenvalue weighted by Gasteiger charge is 2.42. The first kappa shape index (κ1) is 31.4. The molecule has 228 valence electrons. The smallest absolute Gasteiger partial charge is 0.368 e. The van der Waals surface area contributed by atoms with Gasteiger partial charge in [-0.15, -0.1) is 5.11 Å². The van der Waals surface area contributed by atoms with Crippen LogP contribution < -0.4 is 10.4 Å². The summed E-state index contributed by atoms with van der Waals surface area (Å²) >= 11 is 0. The summed E-state index contributed by atoms with van der Waals surface area (Å²) in [6, 6.07) is 15.2. The number of ether oxygens (including phenoxy) is 4. The quantitative estimate of drug-likeness (QED) is 0.0819. The number of esters is 1. The van der Waals surface area contributed by atoms with Crippen LogP contribution in [-0.4, -0.2) is 59.0 Å². The monoisotopic (exact) mass is 593 g/mol. The number of aliphatic hydroxyl groups is 1. The number of benzene rings is 2. The number of hydrogen-bond acceptors (Lipinski definition) is 11. The van der Waals surface area contributed by atoms with E-state index in [1.807, 2.05) is 13.0 Å². The molecule has 43 heavy (non-hydrogen) atoms. The van der Waals surface area contributed by atoms with Gasteiger partial charge in [-0.1, -0.05) is 18.2 Å². The first-order valence-corrected chi connectivity index (χ1v) is 13.5. The van der Waals surface area contributed by atoms with E-state index in [9.17, 15) is 19.8 Å². The first-order chi connectivity index (χ1) is 20.4. The molecule has 0 fully saturated rings. The highest BCUT2D eigenvalue weighted by Crippen LogP contribution is 2.37. The van der Waals surface area contributed by atoms with E-state index in [2.05, 4.69) is 15.2 Å². The number of aryl methyl sites for hydroxylation is 2. The minimum Gasteiger partial charge on any atom is -0.505 e. The molecule has 3 unspecified atom stereocenters. The van der Waals surface area contributed by atoms with E-state index < -0.39 is 35.5 Å². The Morgan fingerprint density at radius 3 is 2.42 bits per heavy atom. The van der Waals surface area contributed by atoms with Gasteiger partial charge in [-0.2, -0.15) is 5.11 Å². The van der Waals surface area contributed by atoms with Gasteiger partial charge in [0.1, 0.15) is 23.1 Å². The van der Waals surface area contributed by atoms with Crippen molar-refractivity contribution in [2.45, 2.75) is 58.5 Å². The van der Waals surface area contributed by atoms with Gasteiger partial charge in [-0.25, -0.2) is 9.59 Å². The molecule has 0 aliphatic heterocycles. The third-order valence-electron chi connectivity index (χ3n) is 6.90. The van der Waals surface area contributed by atoms with Crippen LogP contribution in [0.15, 0.2) is 74.0 Å². The number of aromatic hydroxyl groups is 1. The number of rotatable bonds is 12. The number of nitrogens with zero attached hydrogens (tertiary/aromatic N) is 2. The van der Waals surface area contributed by atoms with E-state index in [4.69, 9.17) is 23.4 Å². The van der Waals surface area contributed by atoms with Crippen molar-refractivity contribution in [2.75, 3.05) is 13.9 Å². The van der Waals surface area contributed by atoms with Crippen LogP contribution in [0.1, 0.15) is 42.5 Å². The van der Waals surface area contributed by atoms with Crippen LogP contribution in [-0.2, 0) is 14.2 Å². The molecule has 0 saturated carbocycles. The maximum absolute atomic E-state index is 12.7. The van der Waals surface area contributed by atoms with Gasteiger partial charge in [0.05, 0.1) is 22.8 Å². The topological polar surface area (TPSA) is 165 Å². The van der Waals surface area contributed by atoms with Gasteiger partial charge in [0.2, 0.25) is 5.69 Å².